The van der Waals surface area contributed by atoms with Gasteiger partial charge in [-0.15, -0.1) is 11.8 Å². The second-order valence-corrected chi connectivity index (χ2v) is 6.09. The van der Waals surface area contributed by atoms with Crippen LogP contribution in [-0.2, 0) is 9.59 Å². The number of carboxylic acids is 1. The quantitative estimate of drug-likeness (QED) is 0.662. The lowest BCUT2D eigenvalue weighted by molar-refractivity contribution is -0.147. The molecule has 0 aromatic heterocycles. The molecule has 0 saturated carbocycles. The minimum atomic E-state index is -0.877. The van der Waals surface area contributed by atoms with Crippen LogP contribution < -0.4 is 0 Å². The third-order valence-corrected chi connectivity index (χ3v) is 4.49. The van der Waals surface area contributed by atoms with Gasteiger partial charge in [0.15, 0.2) is 0 Å². The summed E-state index contributed by atoms with van der Waals surface area (Å²) in [5.74, 6) is 0.188. The first kappa shape index (κ1) is 16.3. The second kappa shape index (κ2) is 9.23. The Balaban J connectivity index is 2.12. The average molecular weight is 287 g/mol. The molecule has 0 aliphatic carbocycles. The van der Waals surface area contributed by atoms with Crippen molar-refractivity contribution in [3.63, 3.8) is 0 Å². The van der Waals surface area contributed by atoms with E-state index in [9.17, 15) is 9.59 Å². The SMILES string of the molecule is CCCCCCCCCC(=O)N1CSC[C@H]1C(=O)O. The Morgan fingerprint density at radius 2 is 1.79 bits per heavy atom. The maximum Gasteiger partial charge on any atom is 0.327 e. The van der Waals surface area contributed by atoms with Crippen LogP contribution in [0.1, 0.15) is 58.3 Å². The number of aliphatic carboxylic acids is 1. The molecule has 1 aliphatic heterocycles. The number of thioether (sulfide) groups is 1. The van der Waals surface area contributed by atoms with Crippen LogP contribution in [0.25, 0.3) is 0 Å². The van der Waals surface area contributed by atoms with E-state index in [4.69, 9.17) is 5.11 Å². The molecule has 0 unspecified atom stereocenters. The Labute approximate surface area is 119 Å². The number of nitrogens with zero attached hydrogens (tertiary/aromatic N) is 1. The molecule has 1 saturated heterocycles. The van der Waals surface area contributed by atoms with E-state index >= 15 is 0 Å². The summed E-state index contributed by atoms with van der Waals surface area (Å²) < 4.78 is 0. The smallest absolute Gasteiger partial charge is 0.327 e. The highest BCUT2D eigenvalue weighted by Crippen LogP contribution is 2.22. The molecule has 1 aliphatic rings. The summed E-state index contributed by atoms with van der Waals surface area (Å²) in [5.41, 5.74) is 0. The van der Waals surface area contributed by atoms with E-state index in [1.165, 1.54) is 48.8 Å². The molecule has 1 atom stereocenters. The lowest BCUT2D eigenvalue weighted by Crippen LogP contribution is -2.41. The monoisotopic (exact) mass is 287 g/mol. The molecule has 1 heterocycles. The summed E-state index contributed by atoms with van der Waals surface area (Å²) in [4.78, 5) is 24.4. The third kappa shape index (κ3) is 5.85. The van der Waals surface area contributed by atoms with Crippen molar-refractivity contribution >= 4 is 23.6 Å². The van der Waals surface area contributed by atoms with Gasteiger partial charge in [0.2, 0.25) is 5.91 Å². The van der Waals surface area contributed by atoms with Crippen molar-refractivity contribution in [3.05, 3.63) is 0 Å². The van der Waals surface area contributed by atoms with Crippen LogP contribution in [0.5, 0.6) is 0 Å². The summed E-state index contributed by atoms with van der Waals surface area (Å²) in [6, 6.07) is -0.609. The van der Waals surface area contributed by atoms with E-state index in [1.807, 2.05) is 0 Å². The average Bonchev–Trinajstić information content (AvgIpc) is 2.87. The van der Waals surface area contributed by atoms with Crippen molar-refractivity contribution in [2.24, 2.45) is 0 Å². The van der Waals surface area contributed by atoms with Gasteiger partial charge in [0.1, 0.15) is 6.04 Å². The molecule has 0 spiro atoms. The van der Waals surface area contributed by atoms with E-state index in [-0.39, 0.29) is 5.91 Å². The molecule has 0 radical (unpaired) electrons. The van der Waals surface area contributed by atoms with E-state index in [0.29, 0.717) is 18.1 Å². The number of carbonyl (C=O) groups excluding carboxylic acids is 1. The first-order chi connectivity index (χ1) is 9.16. The van der Waals surface area contributed by atoms with Crippen LogP contribution in [-0.4, -0.2) is 39.6 Å². The highest BCUT2D eigenvalue weighted by atomic mass is 32.2. The Bertz CT molecular complexity index is 296. The number of carbonyl (C=O) groups is 2. The summed E-state index contributed by atoms with van der Waals surface area (Å²) in [7, 11) is 0. The molecular weight excluding hydrogens is 262 g/mol. The highest BCUT2D eigenvalue weighted by Gasteiger charge is 2.33. The number of unbranched alkanes of at least 4 members (excludes halogenated alkanes) is 6. The van der Waals surface area contributed by atoms with E-state index < -0.39 is 12.0 Å². The molecule has 0 bridgehead atoms. The summed E-state index contributed by atoms with van der Waals surface area (Å²) in [6.45, 7) is 2.20. The minimum absolute atomic E-state index is 0.00552. The fourth-order valence-electron chi connectivity index (χ4n) is 2.27. The summed E-state index contributed by atoms with van der Waals surface area (Å²) >= 11 is 1.52. The Kier molecular flexibility index (Phi) is 7.94. The zero-order chi connectivity index (χ0) is 14.1. The third-order valence-electron chi connectivity index (χ3n) is 3.48. The fraction of sp³-hybridized carbons (Fsp3) is 0.857. The van der Waals surface area contributed by atoms with Gasteiger partial charge in [0.25, 0.3) is 0 Å². The van der Waals surface area contributed by atoms with Gasteiger partial charge < -0.3 is 10.0 Å². The molecule has 1 N–H and O–H groups in total. The topological polar surface area (TPSA) is 57.6 Å². The van der Waals surface area contributed by atoms with Crippen molar-refractivity contribution in [2.45, 2.75) is 64.3 Å². The Morgan fingerprint density at radius 1 is 1.16 bits per heavy atom. The van der Waals surface area contributed by atoms with Crippen molar-refractivity contribution in [2.75, 3.05) is 11.6 Å². The largest absolute Gasteiger partial charge is 0.480 e. The highest BCUT2D eigenvalue weighted by molar-refractivity contribution is 7.99. The van der Waals surface area contributed by atoms with Gasteiger partial charge in [-0.2, -0.15) is 0 Å². The molecule has 0 aromatic carbocycles. The van der Waals surface area contributed by atoms with Gasteiger partial charge in [-0.1, -0.05) is 45.4 Å². The predicted molar refractivity (Wildman–Crippen MR) is 78.2 cm³/mol. The van der Waals surface area contributed by atoms with Crippen molar-refractivity contribution in [1.29, 1.82) is 0 Å². The summed E-state index contributed by atoms with van der Waals surface area (Å²) in [6.07, 6.45) is 8.73. The Hall–Kier alpha value is -0.710. The van der Waals surface area contributed by atoms with Gasteiger partial charge in [-0.05, 0) is 6.42 Å². The van der Waals surface area contributed by atoms with Gasteiger partial charge >= 0.3 is 5.97 Å². The maximum atomic E-state index is 11.9. The summed E-state index contributed by atoms with van der Waals surface area (Å²) in [5, 5.41) is 9.02. The van der Waals surface area contributed by atoms with Gasteiger partial charge in [0, 0.05) is 12.2 Å². The van der Waals surface area contributed by atoms with Gasteiger partial charge in [-0.25, -0.2) is 4.79 Å². The van der Waals surface area contributed by atoms with Crippen molar-refractivity contribution < 1.29 is 14.7 Å². The zero-order valence-corrected chi connectivity index (χ0v) is 12.6. The minimum Gasteiger partial charge on any atom is -0.480 e. The number of hydrogen-bond donors (Lipinski definition) is 1. The first-order valence-electron chi connectivity index (χ1n) is 7.26. The Morgan fingerprint density at radius 3 is 2.42 bits per heavy atom. The standard InChI is InChI=1S/C14H25NO3S/c1-2-3-4-5-6-7-8-9-13(16)15-11-19-10-12(15)14(17)18/h12H,2-11H2,1H3,(H,17,18)/t12-/m0/s1. The van der Waals surface area contributed by atoms with Crippen LogP contribution in [0.4, 0.5) is 0 Å². The number of amides is 1. The lowest BCUT2D eigenvalue weighted by atomic mass is 10.1. The van der Waals surface area contributed by atoms with Gasteiger partial charge in [-0.3, -0.25) is 4.79 Å². The number of carboxylic acid groups (broad SMARTS) is 1. The first-order valence-corrected chi connectivity index (χ1v) is 8.42. The molecule has 1 amide bonds. The van der Waals surface area contributed by atoms with E-state index in [0.717, 1.165) is 12.8 Å². The molecule has 1 rings (SSSR count). The molecule has 0 aromatic rings. The normalized spacial score (nSPS) is 18.8. The van der Waals surface area contributed by atoms with Crippen LogP contribution >= 0.6 is 11.8 Å². The molecule has 110 valence electrons. The van der Waals surface area contributed by atoms with Crippen LogP contribution in [0.3, 0.4) is 0 Å². The van der Waals surface area contributed by atoms with Gasteiger partial charge in [0.05, 0.1) is 5.88 Å². The molecule has 4 nitrogen and oxygen atoms in total. The molecule has 1 fully saturated rings. The number of rotatable bonds is 9. The van der Waals surface area contributed by atoms with Crippen LogP contribution in [0.2, 0.25) is 0 Å². The second-order valence-electron chi connectivity index (χ2n) is 5.09. The van der Waals surface area contributed by atoms with E-state index in [1.54, 1.807) is 0 Å². The molecule has 5 heteroatoms. The molecular formula is C14H25NO3S. The number of hydrogen-bond acceptors (Lipinski definition) is 3. The molecule has 19 heavy (non-hydrogen) atoms. The predicted octanol–water partition coefficient (Wildman–Crippen LogP) is 3.11. The zero-order valence-electron chi connectivity index (χ0n) is 11.8. The van der Waals surface area contributed by atoms with Crippen molar-refractivity contribution in [1.82, 2.24) is 4.90 Å². The fourth-order valence-corrected chi connectivity index (χ4v) is 3.44. The van der Waals surface area contributed by atoms with Crippen molar-refractivity contribution in [3.8, 4) is 0 Å². The maximum absolute atomic E-state index is 11.9. The van der Waals surface area contributed by atoms with E-state index in [2.05, 4.69) is 6.92 Å². The lowest BCUT2D eigenvalue weighted by Gasteiger charge is -2.20. The van der Waals surface area contributed by atoms with Crippen LogP contribution in [0, 0.1) is 0 Å². The van der Waals surface area contributed by atoms with Crippen LogP contribution in [0.15, 0.2) is 0 Å².